The first kappa shape index (κ1) is 24.8. The van der Waals surface area contributed by atoms with Gasteiger partial charge in [-0.15, -0.1) is 10.2 Å². The van der Waals surface area contributed by atoms with Gasteiger partial charge in [-0.3, -0.25) is 5.41 Å². The highest BCUT2D eigenvalue weighted by molar-refractivity contribution is 7.90. The normalized spacial score (nSPS) is 12.0. The van der Waals surface area contributed by atoms with E-state index < -0.39 is 21.5 Å². The van der Waals surface area contributed by atoms with Crippen LogP contribution >= 0.6 is 0 Å². The number of carbonyl (C=O) groups is 1. The summed E-state index contributed by atoms with van der Waals surface area (Å²) in [5.74, 6) is -0.480. The van der Waals surface area contributed by atoms with Crippen LogP contribution in [0.3, 0.4) is 0 Å². The molecular formula is C24H26N4O5S. The Morgan fingerprint density at radius 3 is 2.59 bits per heavy atom. The second-order valence-corrected chi connectivity index (χ2v) is 9.79. The molecule has 2 aromatic carbocycles. The van der Waals surface area contributed by atoms with E-state index in [4.69, 9.17) is 14.6 Å². The number of nitrogens with one attached hydrogen (secondary N) is 2. The molecule has 0 aliphatic rings. The number of carbonyl (C=O) groups excluding carboxylic acids is 1. The summed E-state index contributed by atoms with van der Waals surface area (Å²) < 4.78 is 34.5. The number of aromatic nitrogens is 2. The van der Waals surface area contributed by atoms with Crippen LogP contribution < -0.4 is 5.32 Å². The molecule has 178 valence electrons. The van der Waals surface area contributed by atoms with Gasteiger partial charge in [0.1, 0.15) is 11.4 Å². The second-order valence-electron chi connectivity index (χ2n) is 7.77. The topological polar surface area (TPSA) is 135 Å². The van der Waals surface area contributed by atoms with Gasteiger partial charge in [0.05, 0.1) is 11.5 Å². The lowest BCUT2D eigenvalue weighted by atomic mass is 10.0. The van der Waals surface area contributed by atoms with E-state index in [2.05, 4.69) is 15.5 Å². The van der Waals surface area contributed by atoms with Gasteiger partial charge in [0.25, 0.3) is 5.89 Å². The van der Waals surface area contributed by atoms with Crippen LogP contribution in [0.4, 0.5) is 5.69 Å². The van der Waals surface area contributed by atoms with Crippen LogP contribution in [0.25, 0.3) is 17.2 Å². The molecule has 1 heterocycles. The van der Waals surface area contributed by atoms with Crippen LogP contribution in [-0.2, 0) is 19.4 Å². The molecule has 3 aromatic rings. The molecule has 0 aliphatic carbocycles. The van der Waals surface area contributed by atoms with Crippen LogP contribution in [0.15, 0.2) is 63.9 Å². The first-order valence-corrected chi connectivity index (χ1v) is 12.5. The standard InChI is InChI=1S/C24H26N4O5S/c1-5-32-24(29)19(25)14-21(26-20-12-7-6-11-18(20)15(2)3)23-28-27-22(33-23)16-9-8-10-17(13-16)34(4,30)31/h6-15,25-26H,5H2,1-4H3/b21-14-,25-19?. The van der Waals surface area contributed by atoms with E-state index in [1.54, 1.807) is 19.1 Å². The van der Waals surface area contributed by atoms with E-state index in [9.17, 15) is 13.2 Å². The molecule has 0 amide bonds. The van der Waals surface area contributed by atoms with Gasteiger partial charge in [-0.2, -0.15) is 0 Å². The highest BCUT2D eigenvalue weighted by Crippen LogP contribution is 2.29. The van der Waals surface area contributed by atoms with Gasteiger partial charge in [-0.1, -0.05) is 38.1 Å². The Morgan fingerprint density at radius 1 is 1.18 bits per heavy atom. The van der Waals surface area contributed by atoms with Crippen LogP contribution in [0.5, 0.6) is 0 Å². The molecule has 0 fully saturated rings. The summed E-state index contributed by atoms with van der Waals surface area (Å²) >= 11 is 0. The SMILES string of the molecule is CCOC(=O)C(=N)/C=C(\Nc1ccccc1C(C)C)c1nnc(-c2cccc(S(C)(=O)=O)c2)o1. The summed E-state index contributed by atoms with van der Waals surface area (Å²) in [6.07, 6.45) is 2.38. The summed E-state index contributed by atoms with van der Waals surface area (Å²) in [5.41, 5.74) is 2.01. The predicted octanol–water partition coefficient (Wildman–Crippen LogP) is 4.30. The number of para-hydroxylation sites is 1. The zero-order valence-corrected chi connectivity index (χ0v) is 20.1. The molecular weight excluding hydrogens is 456 g/mol. The highest BCUT2D eigenvalue weighted by Gasteiger charge is 2.19. The van der Waals surface area contributed by atoms with Crippen molar-refractivity contribution >= 4 is 32.9 Å². The molecule has 2 N–H and O–H groups in total. The van der Waals surface area contributed by atoms with Gasteiger partial charge in [0.15, 0.2) is 9.84 Å². The maximum atomic E-state index is 12.1. The van der Waals surface area contributed by atoms with Gasteiger partial charge < -0.3 is 14.5 Å². The Bertz CT molecular complexity index is 1340. The molecule has 0 bridgehead atoms. The number of anilines is 1. The number of rotatable bonds is 9. The van der Waals surface area contributed by atoms with Crippen molar-refractivity contribution in [2.75, 3.05) is 18.2 Å². The Morgan fingerprint density at radius 2 is 1.91 bits per heavy atom. The minimum absolute atomic E-state index is 0.0207. The molecule has 9 nitrogen and oxygen atoms in total. The Balaban J connectivity index is 2.04. The lowest BCUT2D eigenvalue weighted by Crippen LogP contribution is -2.16. The van der Waals surface area contributed by atoms with Gasteiger partial charge in [0.2, 0.25) is 5.89 Å². The number of hydrogen-bond donors (Lipinski definition) is 2. The fraction of sp³-hybridized carbons (Fsp3) is 0.250. The number of sulfone groups is 1. The van der Waals surface area contributed by atoms with E-state index >= 15 is 0 Å². The molecule has 3 rings (SSSR count). The monoisotopic (exact) mass is 482 g/mol. The van der Waals surface area contributed by atoms with Crippen LogP contribution in [0, 0.1) is 5.41 Å². The fourth-order valence-corrected chi connectivity index (χ4v) is 3.80. The predicted molar refractivity (Wildman–Crippen MR) is 129 cm³/mol. The molecule has 0 saturated heterocycles. The quantitative estimate of drug-likeness (QED) is 0.340. The van der Waals surface area contributed by atoms with Crippen molar-refractivity contribution in [3.05, 3.63) is 66.1 Å². The third-order valence-electron chi connectivity index (χ3n) is 4.80. The largest absolute Gasteiger partial charge is 0.461 e. The third-order valence-corrected chi connectivity index (χ3v) is 5.91. The highest BCUT2D eigenvalue weighted by atomic mass is 32.2. The van der Waals surface area contributed by atoms with Gasteiger partial charge in [-0.25, -0.2) is 13.2 Å². The second kappa shape index (κ2) is 10.4. The van der Waals surface area contributed by atoms with E-state index in [1.165, 1.54) is 18.2 Å². The van der Waals surface area contributed by atoms with E-state index in [1.807, 2.05) is 38.1 Å². The number of nitrogens with zero attached hydrogens (tertiary/aromatic N) is 2. The molecule has 1 aromatic heterocycles. The Hall–Kier alpha value is -3.79. The first-order valence-electron chi connectivity index (χ1n) is 10.6. The maximum absolute atomic E-state index is 12.1. The van der Waals surface area contributed by atoms with Gasteiger partial charge >= 0.3 is 5.97 Å². The van der Waals surface area contributed by atoms with Crippen LogP contribution in [-0.4, -0.2) is 43.2 Å². The molecule has 0 spiro atoms. The van der Waals surface area contributed by atoms with Gasteiger partial charge in [0, 0.05) is 17.5 Å². The van der Waals surface area contributed by atoms with Crippen molar-refractivity contribution in [2.24, 2.45) is 0 Å². The summed E-state index contributed by atoms with van der Waals surface area (Å²) in [4.78, 5) is 12.2. The lowest BCUT2D eigenvalue weighted by molar-refractivity contribution is -0.135. The number of ether oxygens (including phenoxy) is 1. The third kappa shape index (κ3) is 5.96. The van der Waals surface area contributed by atoms with E-state index in [0.29, 0.717) is 5.56 Å². The fourth-order valence-electron chi connectivity index (χ4n) is 3.13. The molecule has 34 heavy (non-hydrogen) atoms. The maximum Gasteiger partial charge on any atom is 0.356 e. The molecule has 0 radical (unpaired) electrons. The van der Waals surface area contributed by atoms with Crippen molar-refractivity contribution < 1.29 is 22.4 Å². The summed E-state index contributed by atoms with van der Waals surface area (Å²) in [6, 6.07) is 13.8. The van der Waals surface area contributed by atoms with Crippen molar-refractivity contribution in [2.45, 2.75) is 31.6 Å². The zero-order chi connectivity index (χ0) is 24.9. The Labute approximate surface area is 198 Å². The first-order chi connectivity index (χ1) is 16.1. The molecule has 0 atom stereocenters. The van der Waals surface area contributed by atoms with Crippen molar-refractivity contribution in [3.63, 3.8) is 0 Å². The van der Waals surface area contributed by atoms with Gasteiger partial charge in [-0.05, 0) is 48.7 Å². The molecule has 0 aliphatic heterocycles. The summed E-state index contributed by atoms with van der Waals surface area (Å²) in [5, 5.41) is 19.4. The Kier molecular flexibility index (Phi) is 7.62. The minimum Gasteiger partial charge on any atom is -0.461 e. The number of hydrogen-bond acceptors (Lipinski definition) is 9. The summed E-state index contributed by atoms with van der Waals surface area (Å²) in [7, 11) is -3.42. The smallest absolute Gasteiger partial charge is 0.356 e. The van der Waals surface area contributed by atoms with Crippen LogP contribution in [0.2, 0.25) is 0 Å². The average Bonchev–Trinajstić information content (AvgIpc) is 3.29. The van der Waals surface area contributed by atoms with E-state index in [-0.39, 0.29) is 34.9 Å². The molecule has 10 heteroatoms. The molecule has 0 saturated carbocycles. The van der Waals surface area contributed by atoms with Crippen LogP contribution in [0.1, 0.15) is 38.1 Å². The average molecular weight is 483 g/mol. The number of benzene rings is 2. The minimum atomic E-state index is -3.42. The summed E-state index contributed by atoms with van der Waals surface area (Å²) in [6.45, 7) is 5.88. The molecule has 0 unspecified atom stereocenters. The van der Waals surface area contributed by atoms with Crippen molar-refractivity contribution in [1.82, 2.24) is 10.2 Å². The number of esters is 1. The van der Waals surface area contributed by atoms with Crippen molar-refractivity contribution in [1.29, 1.82) is 5.41 Å². The lowest BCUT2D eigenvalue weighted by Gasteiger charge is -2.15. The van der Waals surface area contributed by atoms with Crippen molar-refractivity contribution in [3.8, 4) is 11.5 Å². The zero-order valence-electron chi connectivity index (χ0n) is 19.3. The van der Waals surface area contributed by atoms with E-state index in [0.717, 1.165) is 17.5 Å².